The van der Waals surface area contributed by atoms with Gasteiger partial charge in [0.05, 0.1) is 6.61 Å². The highest BCUT2D eigenvalue weighted by molar-refractivity contribution is 5.26. The quantitative estimate of drug-likeness (QED) is 0.830. The second-order valence-electron chi connectivity index (χ2n) is 5.82. The molecule has 18 heavy (non-hydrogen) atoms. The molecule has 0 radical (unpaired) electrons. The molecule has 1 aromatic rings. The van der Waals surface area contributed by atoms with Gasteiger partial charge >= 0.3 is 0 Å². The lowest BCUT2D eigenvalue weighted by molar-refractivity contribution is 0.184. The van der Waals surface area contributed by atoms with Crippen molar-refractivity contribution in [1.29, 1.82) is 0 Å². The number of rotatable bonds is 6. The monoisotopic (exact) mass is 247 g/mol. The van der Waals surface area contributed by atoms with Crippen LogP contribution in [-0.4, -0.2) is 13.7 Å². The van der Waals surface area contributed by atoms with E-state index in [9.17, 15) is 0 Å². The number of hydrogen-bond acceptors (Lipinski definition) is 2. The third-order valence-corrected chi connectivity index (χ3v) is 4.10. The van der Waals surface area contributed by atoms with Gasteiger partial charge in [-0.1, -0.05) is 44.0 Å². The average Bonchev–Trinajstić information content (AvgIpc) is 2.79. The van der Waals surface area contributed by atoms with Gasteiger partial charge < -0.3 is 10.1 Å². The molecular formula is C16H25NO. The Bertz CT molecular complexity index is 369. The first-order valence-corrected chi connectivity index (χ1v) is 7.00. The van der Waals surface area contributed by atoms with E-state index in [4.69, 9.17) is 4.74 Å². The molecule has 0 heterocycles. The highest BCUT2D eigenvalue weighted by Gasteiger charge is 2.27. The molecule has 0 saturated heterocycles. The van der Waals surface area contributed by atoms with Crippen LogP contribution >= 0.6 is 0 Å². The minimum atomic E-state index is 0.524. The zero-order valence-corrected chi connectivity index (χ0v) is 11.7. The Labute approximate surface area is 111 Å². The molecule has 0 atom stereocenters. The van der Waals surface area contributed by atoms with Crippen molar-refractivity contribution in [3.8, 4) is 0 Å². The Morgan fingerprint density at radius 3 is 2.50 bits per heavy atom. The van der Waals surface area contributed by atoms with Gasteiger partial charge in [-0.3, -0.25) is 0 Å². The summed E-state index contributed by atoms with van der Waals surface area (Å²) in [6.07, 6.45) is 5.55. The minimum Gasteiger partial charge on any atom is -0.380 e. The van der Waals surface area contributed by atoms with E-state index < -0.39 is 0 Å². The molecule has 1 aliphatic rings. The molecular weight excluding hydrogens is 222 g/mol. The van der Waals surface area contributed by atoms with Crippen LogP contribution in [0.1, 0.15) is 43.7 Å². The Balaban J connectivity index is 1.86. The summed E-state index contributed by atoms with van der Waals surface area (Å²) in [7, 11) is 1.75. The first-order valence-electron chi connectivity index (χ1n) is 7.00. The third kappa shape index (κ3) is 3.56. The van der Waals surface area contributed by atoms with Crippen molar-refractivity contribution in [2.45, 2.75) is 45.8 Å². The van der Waals surface area contributed by atoms with Crippen molar-refractivity contribution in [2.75, 3.05) is 13.7 Å². The van der Waals surface area contributed by atoms with Crippen LogP contribution in [0.3, 0.4) is 0 Å². The summed E-state index contributed by atoms with van der Waals surface area (Å²) in [5, 5.41) is 3.63. The van der Waals surface area contributed by atoms with Gasteiger partial charge in [-0.25, -0.2) is 0 Å². The molecule has 1 saturated carbocycles. The van der Waals surface area contributed by atoms with E-state index in [1.165, 1.54) is 36.8 Å². The van der Waals surface area contributed by atoms with Crippen LogP contribution in [-0.2, 0) is 17.9 Å². The van der Waals surface area contributed by atoms with E-state index in [1.807, 2.05) is 0 Å². The number of ether oxygens (including phenoxy) is 1. The summed E-state index contributed by atoms with van der Waals surface area (Å²) in [6, 6.07) is 8.53. The summed E-state index contributed by atoms with van der Waals surface area (Å²) >= 11 is 0. The van der Waals surface area contributed by atoms with Gasteiger partial charge in [-0.2, -0.15) is 0 Å². The Morgan fingerprint density at radius 2 is 1.83 bits per heavy atom. The molecule has 0 unspecified atom stereocenters. The number of hydrogen-bond donors (Lipinski definition) is 1. The molecule has 0 aromatic heterocycles. The van der Waals surface area contributed by atoms with Crippen LogP contribution < -0.4 is 5.32 Å². The maximum atomic E-state index is 5.24. The van der Waals surface area contributed by atoms with Crippen LogP contribution in [0.4, 0.5) is 0 Å². The van der Waals surface area contributed by atoms with E-state index >= 15 is 0 Å². The van der Waals surface area contributed by atoms with E-state index in [1.54, 1.807) is 7.11 Å². The Hall–Kier alpha value is -0.860. The summed E-state index contributed by atoms with van der Waals surface area (Å²) < 4.78 is 5.24. The van der Waals surface area contributed by atoms with Gasteiger partial charge in [0, 0.05) is 20.2 Å². The molecule has 2 rings (SSSR count). The highest BCUT2D eigenvalue weighted by Crippen LogP contribution is 2.36. The van der Waals surface area contributed by atoms with Crippen molar-refractivity contribution in [3.63, 3.8) is 0 Å². The maximum absolute atomic E-state index is 5.24. The van der Waals surface area contributed by atoms with Gasteiger partial charge in [0.1, 0.15) is 0 Å². The lowest BCUT2D eigenvalue weighted by atomic mass is 9.89. The average molecular weight is 247 g/mol. The van der Waals surface area contributed by atoms with Gasteiger partial charge in [0.2, 0.25) is 0 Å². The Kier molecular flexibility index (Phi) is 4.79. The summed E-state index contributed by atoms with van der Waals surface area (Å²) in [5.74, 6) is 0. The van der Waals surface area contributed by atoms with E-state index in [2.05, 4.69) is 36.5 Å². The fourth-order valence-corrected chi connectivity index (χ4v) is 2.93. The van der Waals surface area contributed by atoms with Crippen molar-refractivity contribution >= 4 is 0 Å². The predicted octanol–water partition coefficient (Wildman–Crippen LogP) is 3.50. The van der Waals surface area contributed by atoms with Crippen LogP contribution in [0.5, 0.6) is 0 Å². The molecule has 0 bridgehead atoms. The normalized spacial score (nSPS) is 18.1. The second kappa shape index (κ2) is 6.35. The molecule has 2 heteroatoms. The summed E-state index contributed by atoms with van der Waals surface area (Å²) in [5.41, 5.74) is 3.18. The third-order valence-electron chi connectivity index (χ3n) is 4.10. The molecule has 100 valence electrons. The van der Waals surface area contributed by atoms with Crippen molar-refractivity contribution in [1.82, 2.24) is 5.32 Å². The highest BCUT2D eigenvalue weighted by atomic mass is 16.5. The lowest BCUT2D eigenvalue weighted by Crippen LogP contribution is -2.29. The number of nitrogens with one attached hydrogen (secondary N) is 1. The molecule has 1 fully saturated rings. The van der Waals surface area contributed by atoms with Crippen LogP contribution in [0.25, 0.3) is 0 Å². The second-order valence-corrected chi connectivity index (χ2v) is 5.82. The van der Waals surface area contributed by atoms with E-state index in [0.29, 0.717) is 12.0 Å². The standard InChI is InChI=1S/C16H25NO/c1-16(9-5-6-10-16)13-17-11-14-7-3-4-8-15(14)12-18-2/h3-4,7-8,17H,5-6,9-13H2,1-2H3. The zero-order chi connectivity index (χ0) is 12.8. The summed E-state index contributed by atoms with van der Waals surface area (Å²) in [4.78, 5) is 0. The SMILES string of the molecule is COCc1ccccc1CNCC1(C)CCCC1. The molecule has 1 N–H and O–H groups in total. The van der Waals surface area contributed by atoms with Crippen LogP contribution in [0.15, 0.2) is 24.3 Å². The fourth-order valence-electron chi connectivity index (χ4n) is 2.93. The van der Waals surface area contributed by atoms with E-state index in [-0.39, 0.29) is 0 Å². The molecule has 1 aromatic carbocycles. The molecule has 0 spiro atoms. The van der Waals surface area contributed by atoms with Crippen LogP contribution in [0.2, 0.25) is 0 Å². The Morgan fingerprint density at radius 1 is 1.17 bits per heavy atom. The van der Waals surface area contributed by atoms with Crippen LogP contribution in [0, 0.1) is 5.41 Å². The molecule has 2 nitrogen and oxygen atoms in total. The largest absolute Gasteiger partial charge is 0.380 e. The molecule has 0 aliphatic heterocycles. The zero-order valence-electron chi connectivity index (χ0n) is 11.7. The van der Waals surface area contributed by atoms with Gasteiger partial charge in [0.25, 0.3) is 0 Å². The van der Waals surface area contributed by atoms with E-state index in [0.717, 1.165) is 13.1 Å². The fraction of sp³-hybridized carbons (Fsp3) is 0.625. The van der Waals surface area contributed by atoms with Crippen molar-refractivity contribution < 1.29 is 4.74 Å². The van der Waals surface area contributed by atoms with Gasteiger partial charge in [-0.05, 0) is 29.4 Å². The van der Waals surface area contributed by atoms with Gasteiger partial charge in [-0.15, -0.1) is 0 Å². The van der Waals surface area contributed by atoms with Gasteiger partial charge in [0.15, 0.2) is 0 Å². The number of methoxy groups -OCH3 is 1. The molecule has 0 amide bonds. The minimum absolute atomic E-state index is 0.524. The lowest BCUT2D eigenvalue weighted by Gasteiger charge is -2.24. The first kappa shape index (κ1) is 13.6. The predicted molar refractivity (Wildman–Crippen MR) is 75.4 cm³/mol. The smallest absolute Gasteiger partial charge is 0.0716 e. The van der Waals surface area contributed by atoms with Crippen molar-refractivity contribution in [3.05, 3.63) is 35.4 Å². The molecule has 1 aliphatic carbocycles. The topological polar surface area (TPSA) is 21.3 Å². The maximum Gasteiger partial charge on any atom is 0.0716 e. The number of benzene rings is 1. The summed E-state index contributed by atoms with van der Waals surface area (Å²) in [6.45, 7) is 5.20. The first-order chi connectivity index (χ1) is 8.73. The van der Waals surface area contributed by atoms with Crippen molar-refractivity contribution in [2.24, 2.45) is 5.41 Å².